The van der Waals surface area contributed by atoms with E-state index < -0.39 is 0 Å². The second kappa shape index (κ2) is 6.10. The number of hydrazone groups is 1. The van der Waals surface area contributed by atoms with Crippen LogP contribution in [0, 0.1) is 0 Å². The minimum Gasteiger partial charge on any atom is -0.504 e. The molecule has 21 heavy (non-hydrogen) atoms. The van der Waals surface area contributed by atoms with Gasteiger partial charge < -0.3 is 9.84 Å². The molecule has 2 aromatic rings. The van der Waals surface area contributed by atoms with Gasteiger partial charge in [-0.2, -0.15) is 5.10 Å². The Balaban J connectivity index is 1.77. The quantitative estimate of drug-likeness (QED) is 0.907. The van der Waals surface area contributed by atoms with Gasteiger partial charge in [-0.1, -0.05) is 48.2 Å². The Kier molecular flexibility index (Phi) is 4.01. The van der Waals surface area contributed by atoms with Gasteiger partial charge in [0.25, 0.3) is 0 Å². The molecule has 108 valence electrons. The molecule has 0 radical (unpaired) electrons. The first-order valence-electron chi connectivity index (χ1n) is 6.79. The van der Waals surface area contributed by atoms with Gasteiger partial charge in [0.15, 0.2) is 11.5 Å². The highest BCUT2D eigenvalue weighted by Crippen LogP contribution is 2.37. The van der Waals surface area contributed by atoms with Crippen LogP contribution in [0.25, 0.3) is 0 Å². The number of thioether (sulfide) groups is 1. The Bertz CT molecular complexity index is 659. The van der Waals surface area contributed by atoms with E-state index in [1.165, 1.54) is 0 Å². The van der Waals surface area contributed by atoms with E-state index in [0.717, 1.165) is 16.2 Å². The highest BCUT2D eigenvalue weighted by Gasteiger charge is 2.22. The van der Waals surface area contributed by atoms with Crippen molar-refractivity contribution >= 4 is 16.8 Å². The van der Waals surface area contributed by atoms with Crippen LogP contribution in [0.3, 0.4) is 0 Å². The third-order valence-corrected chi connectivity index (χ3v) is 4.28. The lowest BCUT2D eigenvalue weighted by Gasteiger charge is -2.12. The van der Waals surface area contributed by atoms with Crippen molar-refractivity contribution in [3.05, 3.63) is 59.7 Å². The van der Waals surface area contributed by atoms with Crippen molar-refractivity contribution in [3.8, 4) is 11.5 Å². The van der Waals surface area contributed by atoms with E-state index >= 15 is 0 Å². The maximum atomic E-state index is 9.76. The monoisotopic (exact) mass is 300 g/mol. The lowest BCUT2D eigenvalue weighted by Crippen LogP contribution is -2.06. The SMILES string of the molecule is CCOc1cc([C@@H]2NN=C(c3ccccc3)S2)ccc1O. The molecule has 0 bridgehead atoms. The predicted octanol–water partition coefficient (Wildman–Crippen LogP) is 3.49. The maximum Gasteiger partial charge on any atom is 0.161 e. The smallest absolute Gasteiger partial charge is 0.161 e. The van der Waals surface area contributed by atoms with Crippen molar-refractivity contribution < 1.29 is 9.84 Å². The summed E-state index contributed by atoms with van der Waals surface area (Å²) in [7, 11) is 0. The van der Waals surface area contributed by atoms with Crippen LogP contribution in [0.2, 0.25) is 0 Å². The molecule has 1 aliphatic heterocycles. The molecule has 0 spiro atoms. The summed E-state index contributed by atoms with van der Waals surface area (Å²) in [6, 6.07) is 15.5. The number of phenolic OH excluding ortho intramolecular Hbond substituents is 1. The summed E-state index contributed by atoms with van der Waals surface area (Å²) in [6.07, 6.45) is 0. The van der Waals surface area contributed by atoms with Gasteiger partial charge in [0, 0.05) is 5.56 Å². The van der Waals surface area contributed by atoms with Crippen LogP contribution >= 0.6 is 11.8 Å². The van der Waals surface area contributed by atoms with E-state index in [-0.39, 0.29) is 11.1 Å². The molecule has 0 aromatic heterocycles. The van der Waals surface area contributed by atoms with E-state index in [2.05, 4.69) is 10.5 Å². The summed E-state index contributed by atoms with van der Waals surface area (Å²) in [5.74, 6) is 0.665. The topological polar surface area (TPSA) is 53.8 Å². The van der Waals surface area contributed by atoms with E-state index in [1.807, 2.05) is 49.4 Å². The van der Waals surface area contributed by atoms with Gasteiger partial charge in [-0.15, -0.1) is 0 Å². The summed E-state index contributed by atoms with van der Waals surface area (Å²) in [6.45, 7) is 2.42. The predicted molar refractivity (Wildman–Crippen MR) is 85.7 cm³/mol. The number of hydrogen-bond donors (Lipinski definition) is 2. The molecule has 0 fully saturated rings. The summed E-state index contributed by atoms with van der Waals surface area (Å²) in [4.78, 5) is 0. The fourth-order valence-corrected chi connectivity index (χ4v) is 3.09. The number of aromatic hydroxyl groups is 1. The lowest BCUT2D eigenvalue weighted by atomic mass is 10.2. The molecule has 0 saturated heterocycles. The highest BCUT2D eigenvalue weighted by atomic mass is 32.2. The molecular weight excluding hydrogens is 284 g/mol. The van der Waals surface area contributed by atoms with Gasteiger partial charge in [-0.3, -0.25) is 5.43 Å². The van der Waals surface area contributed by atoms with Gasteiger partial charge in [0.2, 0.25) is 0 Å². The minimum absolute atomic E-state index is 0.0278. The maximum absolute atomic E-state index is 9.76. The van der Waals surface area contributed by atoms with Crippen molar-refractivity contribution in [1.29, 1.82) is 0 Å². The molecule has 2 N–H and O–H groups in total. The molecule has 0 saturated carbocycles. The van der Waals surface area contributed by atoms with Crippen molar-refractivity contribution in [2.45, 2.75) is 12.3 Å². The highest BCUT2D eigenvalue weighted by molar-refractivity contribution is 8.14. The summed E-state index contributed by atoms with van der Waals surface area (Å²) < 4.78 is 5.42. The van der Waals surface area contributed by atoms with Crippen molar-refractivity contribution in [3.63, 3.8) is 0 Å². The third kappa shape index (κ3) is 2.97. The van der Waals surface area contributed by atoms with E-state index in [4.69, 9.17) is 4.74 Å². The van der Waals surface area contributed by atoms with E-state index in [0.29, 0.717) is 12.4 Å². The molecule has 2 aromatic carbocycles. The molecular formula is C16H16N2O2S. The fourth-order valence-electron chi connectivity index (χ4n) is 2.10. The Hall–Kier alpha value is -2.14. The summed E-state index contributed by atoms with van der Waals surface area (Å²) in [5, 5.41) is 15.1. The van der Waals surface area contributed by atoms with Gasteiger partial charge in [0.1, 0.15) is 10.4 Å². The summed E-state index contributed by atoms with van der Waals surface area (Å²) in [5.41, 5.74) is 5.25. The molecule has 4 nitrogen and oxygen atoms in total. The first-order valence-corrected chi connectivity index (χ1v) is 7.67. The third-order valence-electron chi connectivity index (χ3n) is 3.12. The zero-order chi connectivity index (χ0) is 14.7. The van der Waals surface area contributed by atoms with Crippen LogP contribution in [0.1, 0.15) is 23.4 Å². The van der Waals surface area contributed by atoms with E-state index in [9.17, 15) is 5.11 Å². The average Bonchev–Trinajstić information content (AvgIpc) is 3.00. The molecule has 3 rings (SSSR count). The number of hydrogen-bond acceptors (Lipinski definition) is 5. The summed E-state index contributed by atoms with van der Waals surface area (Å²) >= 11 is 1.65. The Labute approximate surface area is 127 Å². The second-order valence-electron chi connectivity index (χ2n) is 4.57. The number of rotatable bonds is 4. The van der Waals surface area contributed by atoms with Gasteiger partial charge in [-0.25, -0.2) is 0 Å². The van der Waals surface area contributed by atoms with Gasteiger partial charge in [0.05, 0.1) is 6.61 Å². The zero-order valence-corrected chi connectivity index (χ0v) is 12.4. The number of nitrogens with one attached hydrogen (secondary N) is 1. The molecule has 0 aliphatic carbocycles. The molecule has 1 heterocycles. The van der Waals surface area contributed by atoms with Crippen molar-refractivity contribution in [2.75, 3.05) is 6.61 Å². The van der Waals surface area contributed by atoms with Crippen LogP contribution in [-0.2, 0) is 0 Å². The molecule has 1 aliphatic rings. The second-order valence-corrected chi connectivity index (χ2v) is 5.66. The Morgan fingerprint density at radius 3 is 2.81 bits per heavy atom. The molecule has 5 heteroatoms. The average molecular weight is 300 g/mol. The minimum atomic E-state index is 0.0278. The Morgan fingerprint density at radius 1 is 1.24 bits per heavy atom. The number of ether oxygens (including phenoxy) is 1. The number of nitrogens with zero attached hydrogens (tertiary/aromatic N) is 1. The zero-order valence-electron chi connectivity index (χ0n) is 11.6. The van der Waals surface area contributed by atoms with Crippen LogP contribution in [0.5, 0.6) is 11.5 Å². The normalized spacial score (nSPS) is 17.2. The standard InChI is InChI=1S/C16H16N2O2S/c1-2-20-14-10-12(8-9-13(14)19)16-18-17-15(21-16)11-6-4-3-5-7-11/h3-10,16,18-19H,2H2,1H3/t16-/m1/s1. The number of phenols is 1. The number of benzene rings is 2. The van der Waals surface area contributed by atoms with Crippen LogP contribution in [0.4, 0.5) is 0 Å². The van der Waals surface area contributed by atoms with Crippen molar-refractivity contribution in [2.24, 2.45) is 5.10 Å². The van der Waals surface area contributed by atoms with Crippen LogP contribution < -0.4 is 10.2 Å². The first kappa shape index (κ1) is 13.8. The van der Waals surface area contributed by atoms with Crippen molar-refractivity contribution in [1.82, 2.24) is 5.43 Å². The van der Waals surface area contributed by atoms with Crippen LogP contribution in [-0.4, -0.2) is 16.8 Å². The molecule has 0 amide bonds. The lowest BCUT2D eigenvalue weighted by molar-refractivity contribution is 0.317. The molecule has 0 unspecified atom stereocenters. The van der Waals surface area contributed by atoms with E-state index in [1.54, 1.807) is 17.8 Å². The molecule has 1 atom stereocenters. The largest absolute Gasteiger partial charge is 0.504 e. The van der Waals surface area contributed by atoms with Gasteiger partial charge in [-0.05, 0) is 24.6 Å². The first-order chi connectivity index (χ1) is 10.3. The van der Waals surface area contributed by atoms with Crippen LogP contribution in [0.15, 0.2) is 53.6 Å². The Morgan fingerprint density at radius 2 is 2.05 bits per heavy atom. The van der Waals surface area contributed by atoms with Gasteiger partial charge >= 0.3 is 0 Å². The fraction of sp³-hybridized carbons (Fsp3) is 0.188.